The zero-order chi connectivity index (χ0) is 26.7. The molecule has 2 aromatic rings. The summed E-state index contributed by atoms with van der Waals surface area (Å²) in [6.07, 6.45) is 5.18. The van der Waals surface area contributed by atoms with Crippen molar-refractivity contribution in [3.63, 3.8) is 0 Å². The maximum atomic E-state index is 12.6. The molecular formula is C25H33N3O7S. The van der Waals surface area contributed by atoms with E-state index < -0.39 is 11.9 Å². The second-order valence-electron chi connectivity index (χ2n) is 8.44. The van der Waals surface area contributed by atoms with Gasteiger partial charge in [-0.1, -0.05) is 36.8 Å². The Labute approximate surface area is 214 Å². The molecule has 1 aromatic carbocycles. The lowest BCUT2D eigenvalue weighted by molar-refractivity contribution is -0.159. The molecule has 36 heavy (non-hydrogen) atoms. The zero-order valence-corrected chi connectivity index (χ0v) is 21.5. The number of esters is 1. The Kier molecular flexibility index (Phi) is 11.5. The molecule has 11 heteroatoms. The highest BCUT2D eigenvalue weighted by Crippen LogP contribution is 2.37. The summed E-state index contributed by atoms with van der Waals surface area (Å²) in [7, 11) is 5.45. The molecule has 1 aliphatic rings. The molecular weight excluding hydrogens is 486 g/mol. The Morgan fingerprint density at radius 1 is 1.03 bits per heavy atom. The number of aryl methyl sites for hydroxylation is 1. The highest BCUT2D eigenvalue weighted by Gasteiger charge is 2.26. The first-order valence-electron chi connectivity index (χ1n) is 11.6. The normalized spacial score (nSPS) is 13.4. The zero-order valence-electron chi connectivity index (χ0n) is 20.7. The molecule has 0 bridgehead atoms. The molecule has 1 aromatic heterocycles. The van der Waals surface area contributed by atoms with Crippen molar-refractivity contribution < 1.29 is 34.1 Å². The Morgan fingerprint density at radius 3 is 2.25 bits per heavy atom. The summed E-state index contributed by atoms with van der Waals surface area (Å²) in [5, 5.41) is 21.6. The van der Waals surface area contributed by atoms with Crippen molar-refractivity contribution >= 4 is 40.2 Å². The number of benzene rings is 1. The van der Waals surface area contributed by atoms with Gasteiger partial charge in [-0.05, 0) is 50.9 Å². The molecule has 1 atom stereocenters. The number of anilines is 1. The van der Waals surface area contributed by atoms with Gasteiger partial charge in [0.05, 0.1) is 19.2 Å². The summed E-state index contributed by atoms with van der Waals surface area (Å²) in [5.74, 6) is -4.17. The van der Waals surface area contributed by atoms with Gasteiger partial charge in [0, 0.05) is 17.5 Å². The highest BCUT2D eigenvalue weighted by atomic mass is 32.1. The number of nitrogens with zero attached hydrogens (tertiary/aromatic N) is 1. The van der Waals surface area contributed by atoms with Crippen molar-refractivity contribution in [2.24, 2.45) is 0 Å². The highest BCUT2D eigenvalue weighted by molar-refractivity contribution is 7.17. The molecule has 0 spiro atoms. The minimum absolute atomic E-state index is 0.151. The Hall–Kier alpha value is -3.28. The van der Waals surface area contributed by atoms with Crippen LogP contribution in [0.15, 0.2) is 30.3 Å². The smallest absolute Gasteiger partial charge is 0.414 e. The molecule has 196 valence electrons. The molecule has 4 N–H and O–H groups in total. The summed E-state index contributed by atoms with van der Waals surface area (Å²) in [6, 6.07) is 10.4. The van der Waals surface area contributed by atoms with Crippen LogP contribution in [0.25, 0.3) is 0 Å². The molecule has 1 amide bonds. The standard InChI is InChI=1S/C23H31N3O3S.C2H2O4/c1-26(2)18(16-10-6-4-7-11-16)14-24-15-20(27)25-22-21(23(28)29-3)17-12-8-5-9-13-19(17)30-22;3-1(4)2(5)6/h4,6-7,10-11,18,24H,5,8-9,12-15H2,1-3H3,(H,25,27);(H,3,4)(H,5,6). The van der Waals surface area contributed by atoms with Gasteiger partial charge < -0.3 is 30.5 Å². The van der Waals surface area contributed by atoms with Crippen LogP contribution in [0.4, 0.5) is 5.00 Å². The van der Waals surface area contributed by atoms with E-state index in [0.29, 0.717) is 17.1 Å². The van der Waals surface area contributed by atoms with E-state index in [-0.39, 0.29) is 24.5 Å². The summed E-state index contributed by atoms with van der Waals surface area (Å²) < 4.78 is 5.01. The number of ether oxygens (including phenoxy) is 1. The largest absolute Gasteiger partial charge is 0.473 e. The number of aliphatic carboxylic acids is 2. The second-order valence-corrected chi connectivity index (χ2v) is 9.54. The van der Waals surface area contributed by atoms with Gasteiger partial charge in [0.15, 0.2) is 0 Å². The molecule has 10 nitrogen and oxygen atoms in total. The Balaban J connectivity index is 0.000000678. The monoisotopic (exact) mass is 519 g/mol. The van der Waals surface area contributed by atoms with E-state index in [1.165, 1.54) is 35.3 Å². The number of likely N-dealkylation sites (N-methyl/N-ethyl adjacent to an activating group) is 1. The minimum Gasteiger partial charge on any atom is -0.473 e. The summed E-state index contributed by atoms with van der Waals surface area (Å²) >= 11 is 1.52. The number of methoxy groups -OCH3 is 1. The number of carbonyl (C=O) groups excluding carboxylic acids is 2. The van der Waals surface area contributed by atoms with Crippen molar-refractivity contribution in [2.45, 2.75) is 38.1 Å². The minimum atomic E-state index is -1.82. The number of hydrogen-bond acceptors (Lipinski definition) is 8. The van der Waals surface area contributed by atoms with Crippen LogP contribution in [0.2, 0.25) is 0 Å². The predicted molar refractivity (Wildman–Crippen MR) is 137 cm³/mol. The lowest BCUT2D eigenvalue weighted by atomic mass is 10.1. The van der Waals surface area contributed by atoms with Crippen LogP contribution in [-0.2, 0) is 32.0 Å². The fraction of sp³-hybridized carbons (Fsp3) is 0.440. The lowest BCUT2D eigenvalue weighted by Crippen LogP contribution is -2.35. The Morgan fingerprint density at radius 2 is 1.67 bits per heavy atom. The third kappa shape index (κ3) is 8.43. The SMILES string of the molecule is COC(=O)c1c(NC(=O)CNCC(c2ccccc2)N(C)C)sc2c1CCCCC2.O=C(O)C(=O)O. The van der Waals surface area contributed by atoms with E-state index in [1.54, 1.807) is 0 Å². The maximum absolute atomic E-state index is 12.6. The number of amides is 1. The molecule has 0 radical (unpaired) electrons. The van der Waals surface area contributed by atoms with Crippen LogP contribution in [0, 0.1) is 0 Å². The average molecular weight is 520 g/mol. The maximum Gasteiger partial charge on any atom is 0.414 e. The number of thiophene rings is 1. The summed E-state index contributed by atoms with van der Waals surface area (Å²) in [4.78, 5) is 46.6. The lowest BCUT2D eigenvalue weighted by Gasteiger charge is -2.25. The average Bonchev–Trinajstić information content (AvgIpc) is 3.01. The van der Waals surface area contributed by atoms with Crippen LogP contribution in [-0.4, -0.2) is 73.2 Å². The van der Waals surface area contributed by atoms with Gasteiger partial charge in [0.1, 0.15) is 5.00 Å². The number of rotatable bonds is 8. The molecule has 1 aliphatic carbocycles. The second kappa shape index (κ2) is 14.3. The number of carboxylic acid groups (broad SMARTS) is 2. The number of carboxylic acids is 2. The summed E-state index contributed by atoms with van der Waals surface area (Å²) in [6.45, 7) is 0.829. The van der Waals surface area contributed by atoms with Crippen molar-refractivity contribution in [3.8, 4) is 0 Å². The van der Waals surface area contributed by atoms with Crippen LogP contribution >= 0.6 is 11.3 Å². The predicted octanol–water partition coefficient (Wildman–Crippen LogP) is 2.79. The molecule has 0 fully saturated rings. The third-order valence-corrected chi connectivity index (χ3v) is 6.88. The van der Waals surface area contributed by atoms with Gasteiger partial charge in [-0.3, -0.25) is 4.79 Å². The van der Waals surface area contributed by atoms with E-state index >= 15 is 0 Å². The topological polar surface area (TPSA) is 145 Å². The fourth-order valence-corrected chi connectivity index (χ4v) is 5.21. The van der Waals surface area contributed by atoms with E-state index in [4.69, 9.17) is 24.5 Å². The quantitative estimate of drug-likeness (QED) is 0.235. The van der Waals surface area contributed by atoms with Crippen LogP contribution in [0.3, 0.4) is 0 Å². The van der Waals surface area contributed by atoms with Crippen molar-refractivity contribution in [2.75, 3.05) is 39.6 Å². The molecule has 1 unspecified atom stereocenters. The van der Waals surface area contributed by atoms with Crippen molar-refractivity contribution in [1.82, 2.24) is 10.2 Å². The molecule has 0 saturated heterocycles. The Bertz CT molecular complexity index is 1040. The first-order chi connectivity index (χ1) is 17.1. The van der Waals surface area contributed by atoms with E-state index in [9.17, 15) is 9.59 Å². The van der Waals surface area contributed by atoms with Gasteiger partial charge in [-0.15, -0.1) is 11.3 Å². The fourth-order valence-electron chi connectivity index (χ4n) is 3.92. The molecule has 1 heterocycles. The molecule has 3 rings (SSSR count). The number of fused-ring (bicyclic) bond motifs is 1. The number of hydrogen-bond donors (Lipinski definition) is 4. The van der Waals surface area contributed by atoms with Gasteiger partial charge in [0.25, 0.3) is 0 Å². The number of carbonyl (C=O) groups is 4. The van der Waals surface area contributed by atoms with E-state index in [2.05, 4.69) is 27.7 Å². The number of nitrogens with one attached hydrogen (secondary N) is 2. The molecule has 0 aliphatic heterocycles. The first-order valence-corrected chi connectivity index (χ1v) is 12.4. The van der Waals surface area contributed by atoms with Crippen LogP contribution < -0.4 is 10.6 Å². The van der Waals surface area contributed by atoms with Crippen LogP contribution in [0.5, 0.6) is 0 Å². The van der Waals surface area contributed by atoms with Crippen molar-refractivity contribution in [1.29, 1.82) is 0 Å². The first kappa shape index (κ1) is 29.0. The van der Waals surface area contributed by atoms with Gasteiger partial charge in [-0.2, -0.15) is 0 Å². The van der Waals surface area contributed by atoms with Gasteiger partial charge in [0.2, 0.25) is 5.91 Å². The molecule has 0 saturated carbocycles. The van der Waals surface area contributed by atoms with Crippen LogP contribution in [0.1, 0.15) is 51.7 Å². The van der Waals surface area contributed by atoms with Crippen molar-refractivity contribution in [3.05, 3.63) is 51.9 Å². The third-order valence-electron chi connectivity index (χ3n) is 5.68. The van der Waals surface area contributed by atoms with Gasteiger partial charge in [-0.25, -0.2) is 14.4 Å². The van der Waals surface area contributed by atoms with E-state index in [0.717, 1.165) is 31.2 Å². The van der Waals surface area contributed by atoms with Gasteiger partial charge >= 0.3 is 17.9 Å². The summed E-state index contributed by atoms with van der Waals surface area (Å²) in [5.41, 5.74) is 2.80. The van der Waals surface area contributed by atoms with E-state index in [1.807, 2.05) is 32.3 Å².